The quantitative estimate of drug-likeness (QED) is 0.0820. The van der Waals surface area contributed by atoms with Gasteiger partial charge in [-0.1, -0.05) is 5.92 Å². The van der Waals surface area contributed by atoms with Gasteiger partial charge in [-0.3, -0.25) is 88.0 Å². The molecule has 0 saturated carbocycles. The van der Waals surface area contributed by atoms with E-state index in [1.807, 2.05) is 0 Å². The Labute approximate surface area is 477 Å². The fraction of sp³-hybridized carbons (Fsp3) is 0.667. The van der Waals surface area contributed by atoms with Gasteiger partial charge in [-0.2, -0.15) is 0 Å². The van der Waals surface area contributed by atoms with Crippen LogP contribution in [0.15, 0.2) is 18.2 Å². The molecule has 2 amide bonds. The summed E-state index contributed by atoms with van der Waals surface area (Å²) in [7, 11) is 0. The van der Waals surface area contributed by atoms with Crippen LogP contribution >= 0.6 is 0 Å². The number of carboxylic acids is 6. The van der Waals surface area contributed by atoms with E-state index in [0.717, 1.165) is 0 Å². The van der Waals surface area contributed by atoms with Crippen molar-refractivity contribution >= 4 is 70.6 Å². The van der Waals surface area contributed by atoms with Crippen LogP contribution in [0.2, 0.25) is 0 Å². The highest BCUT2D eigenvalue weighted by molar-refractivity contribution is 5.98. The second kappa shape index (κ2) is 31.6. The topological polar surface area (TPSA) is 366 Å². The number of hydrogen-bond acceptors (Lipinski definition) is 20. The van der Waals surface area contributed by atoms with Crippen LogP contribution in [0.5, 0.6) is 0 Å². The number of rotatable bonds is 14. The molecule has 28 nitrogen and oxygen atoms in total. The first kappa shape index (κ1) is 66.0. The molecule has 4 atom stereocenters. The van der Waals surface area contributed by atoms with E-state index in [4.69, 9.17) is 6.42 Å². The highest BCUT2D eigenvalue weighted by Gasteiger charge is 2.50. The highest BCUT2D eigenvalue weighted by atomic mass is 16.4. The minimum Gasteiger partial charge on any atom is -0.480 e. The Balaban J connectivity index is 1.90. The Bertz CT molecular complexity index is 2340. The van der Waals surface area contributed by atoms with Crippen molar-refractivity contribution in [2.24, 2.45) is 0 Å². The number of Topliss-reactive ketones (excluding diaryl/α,β-unsaturated/α-hetero) is 2. The van der Waals surface area contributed by atoms with Gasteiger partial charge in [0.1, 0.15) is 11.1 Å². The first-order valence-electron chi connectivity index (χ1n) is 27.8. The summed E-state index contributed by atoms with van der Waals surface area (Å²) in [6, 6.07) is 2.84. The predicted molar refractivity (Wildman–Crippen MR) is 298 cm³/mol. The third kappa shape index (κ3) is 19.7. The zero-order chi connectivity index (χ0) is 60.1. The molecule has 4 aliphatic heterocycles. The number of carbonyl (C=O) groups excluding carboxylic acids is 4. The summed E-state index contributed by atoms with van der Waals surface area (Å²) in [5.41, 5.74) is -2.73. The maximum Gasteiger partial charge on any atom is 0.317 e. The molecule has 0 radical (unpaired) electrons. The zero-order valence-corrected chi connectivity index (χ0v) is 47.0. The molecule has 1 aromatic rings. The molecule has 10 N–H and O–H groups in total. The number of terminal acetylenes is 1. The molecule has 0 bridgehead atoms. The Kier molecular flexibility index (Phi) is 25.4. The molecule has 2 spiro atoms. The van der Waals surface area contributed by atoms with Crippen LogP contribution in [0.4, 0.5) is 11.4 Å². The number of anilines is 2. The average molecular weight is 1160 g/mol. The lowest BCUT2D eigenvalue weighted by Gasteiger charge is -2.50. The molecule has 4 heterocycles. The van der Waals surface area contributed by atoms with Crippen molar-refractivity contribution in [3.05, 3.63) is 23.8 Å². The van der Waals surface area contributed by atoms with Crippen molar-refractivity contribution in [1.29, 1.82) is 0 Å². The number of ketones is 2. The number of hydrogen-bond donors (Lipinski definition) is 10. The molecule has 1 aromatic carbocycles. The highest BCUT2D eigenvalue weighted by Crippen LogP contribution is 2.39. The van der Waals surface area contributed by atoms with Crippen molar-refractivity contribution < 1.29 is 78.6 Å². The van der Waals surface area contributed by atoms with E-state index in [1.54, 1.807) is 71.2 Å². The monoisotopic (exact) mass is 1150 g/mol. The molecule has 4 unspecified atom stereocenters. The fourth-order valence-corrected chi connectivity index (χ4v) is 11.6. The summed E-state index contributed by atoms with van der Waals surface area (Å²) in [6.45, 7) is -0.811. The van der Waals surface area contributed by atoms with E-state index in [2.05, 4.69) is 27.2 Å². The number of aliphatic carboxylic acids is 6. The average Bonchev–Trinajstić information content (AvgIpc) is 3.43. The van der Waals surface area contributed by atoms with Crippen LogP contribution < -0.4 is 31.1 Å². The normalized spacial score (nSPS) is 25.6. The lowest BCUT2D eigenvalue weighted by Crippen LogP contribution is -2.67. The van der Waals surface area contributed by atoms with Crippen molar-refractivity contribution in [3.8, 4) is 12.3 Å². The molecule has 4 saturated heterocycles. The van der Waals surface area contributed by atoms with Crippen molar-refractivity contribution in [2.75, 3.05) is 167 Å². The van der Waals surface area contributed by atoms with E-state index in [-0.39, 0.29) is 172 Å². The van der Waals surface area contributed by atoms with Gasteiger partial charge < -0.3 is 51.1 Å². The molecular weight excluding hydrogens is 1070 g/mol. The number of carboxylic acid groups (broad SMARTS) is 6. The zero-order valence-electron chi connectivity index (χ0n) is 47.0. The van der Waals surface area contributed by atoms with Gasteiger partial charge in [0, 0.05) is 122 Å². The fourth-order valence-electron chi connectivity index (χ4n) is 11.6. The number of nitrogens with one attached hydrogen (secondary N) is 4. The van der Waals surface area contributed by atoms with E-state index < -0.39 is 110 Å². The van der Waals surface area contributed by atoms with E-state index >= 15 is 9.59 Å². The van der Waals surface area contributed by atoms with Gasteiger partial charge in [-0.25, -0.2) is 0 Å². The van der Waals surface area contributed by atoms with E-state index in [0.29, 0.717) is 12.8 Å². The van der Waals surface area contributed by atoms with Gasteiger partial charge in [0.2, 0.25) is 11.8 Å². The van der Waals surface area contributed by atoms with Crippen LogP contribution in [-0.4, -0.2) is 299 Å². The first-order valence-corrected chi connectivity index (χ1v) is 27.8. The maximum absolute atomic E-state index is 16.0. The molecule has 0 aromatic heterocycles. The standard InChI is InChI=1S/C54H82N12O16/c1-4-40-25-41(65-23-21-61(32-47(73)74)15-13-59(30-45(69)70)17-19-63(34-49(77)78)36-53(65)9-5-7-11-55-43(67)28-57-38(2)51(53)81)27-42(26-40)66-24-22-62(33-48(75)76)16-14-60(31-46(71)72)18-20-64(35-50(79)80)37-54(66)10-6-8-12-56-44(68)29-58-39(3)52(54)82/h1,25-27,38-39,57-58H,5-24,28-37H2,2-3H3,(H,55,67)(H,56,68)(H,69,70)(H,71,72)(H,73,74)(H,75,76)(H,77,78)(H,79,80). The third-order valence-electron chi connectivity index (χ3n) is 15.6. The lowest BCUT2D eigenvalue weighted by molar-refractivity contribution is -0.141. The largest absolute Gasteiger partial charge is 0.480 e. The number of nitrogens with zero attached hydrogens (tertiary/aromatic N) is 8. The molecule has 4 fully saturated rings. The summed E-state index contributed by atoms with van der Waals surface area (Å²) >= 11 is 0. The third-order valence-corrected chi connectivity index (χ3v) is 15.6. The Morgan fingerprint density at radius 2 is 0.768 bits per heavy atom. The maximum atomic E-state index is 16.0. The second-order valence-electron chi connectivity index (χ2n) is 21.7. The van der Waals surface area contributed by atoms with Gasteiger partial charge in [0.25, 0.3) is 0 Å². The van der Waals surface area contributed by atoms with Crippen LogP contribution in [0.25, 0.3) is 0 Å². The smallest absolute Gasteiger partial charge is 0.317 e. The van der Waals surface area contributed by atoms with Crippen molar-refractivity contribution in [2.45, 2.75) is 75.5 Å². The minimum absolute atomic E-state index is 0.00563. The predicted octanol–water partition coefficient (Wildman–Crippen LogP) is -3.20. The summed E-state index contributed by atoms with van der Waals surface area (Å²) < 4.78 is 0. The summed E-state index contributed by atoms with van der Waals surface area (Å²) in [5, 5.41) is 73.2. The Hall–Kier alpha value is -6.84. The van der Waals surface area contributed by atoms with Gasteiger partial charge >= 0.3 is 35.8 Å². The van der Waals surface area contributed by atoms with Crippen LogP contribution in [0, 0.1) is 12.3 Å². The van der Waals surface area contributed by atoms with Gasteiger partial charge in [-0.15, -0.1) is 6.42 Å². The summed E-state index contributed by atoms with van der Waals surface area (Å²) in [6.07, 6.45) is 7.77. The van der Waals surface area contributed by atoms with E-state index in [1.165, 1.54) is 0 Å². The second-order valence-corrected chi connectivity index (χ2v) is 21.7. The van der Waals surface area contributed by atoms with E-state index in [9.17, 15) is 69.0 Å². The molecule has 82 heavy (non-hydrogen) atoms. The lowest BCUT2D eigenvalue weighted by atomic mass is 9.80. The van der Waals surface area contributed by atoms with Crippen LogP contribution in [0.1, 0.15) is 57.9 Å². The van der Waals surface area contributed by atoms with Crippen LogP contribution in [0.3, 0.4) is 0 Å². The summed E-state index contributed by atoms with van der Waals surface area (Å²) in [5.74, 6) is -6.14. The SMILES string of the molecule is C#Cc1cc(N2CCN(CC(=O)O)CCN(CC(=O)O)CCN(CC(=O)O)CC23CCCCNC(=O)CNC(C)C3=O)cc(N2CCN(CC(=O)O)CCN(CC(=O)O)CCN(CC(=O)O)CC23CCCCNC(=O)CNC(C)C3=O)c1. The molecule has 28 heteroatoms. The molecule has 5 rings (SSSR count). The van der Waals surface area contributed by atoms with Crippen molar-refractivity contribution in [3.63, 3.8) is 0 Å². The number of amides is 2. The molecule has 454 valence electrons. The minimum atomic E-state index is -1.74. The van der Waals surface area contributed by atoms with Gasteiger partial charge in [-0.05, 0) is 70.6 Å². The van der Waals surface area contributed by atoms with Gasteiger partial charge in [0.15, 0.2) is 11.6 Å². The number of benzene rings is 1. The van der Waals surface area contributed by atoms with Crippen LogP contribution in [-0.2, 0) is 47.9 Å². The molecule has 0 aliphatic carbocycles. The molecule has 4 aliphatic rings. The Morgan fingerprint density at radius 1 is 0.476 bits per heavy atom. The Morgan fingerprint density at radius 3 is 1.07 bits per heavy atom. The molecular formula is C54H82N12O16. The van der Waals surface area contributed by atoms with Crippen molar-refractivity contribution in [1.82, 2.24) is 50.7 Å². The van der Waals surface area contributed by atoms with Gasteiger partial charge in [0.05, 0.1) is 64.4 Å². The summed E-state index contributed by atoms with van der Waals surface area (Å²) in [4.78, 5) is 146. The first-order chi connectivity index (χ1) is 38.9. The number of carbonyl (C=O) groups is 10.